The monoisotopic (exact) mass is 591 g/mol. The summed E-state index contributed by atoms with van der Waals surface area (Å²) in [6.07, 6.45) is 4.31. The minimum Gasteiger partial charge on any atom is -0.456 e. The van der Waals surface area contributed by atoms with E-state index in [4.69, 9.17) is 19.2 Å². The maximum atomic E-state index is 12.7. The zero-order chi connectivity index (χ0) is 30.0. The van der Waals surface area contributed by atoms with E-state index < -0.39 is 21.7 Å². The fourth-order valence-corrected chi connectivity index (χ4v) is 5.73. The van der Waals surface area contributed by atoms with Crippen molar-refractivity contribution in [2.24, 2.45) is 0 Å². The standard InChI is InChI=1S/C32H45N3O4Si2/c1-32(2,3)39-31(36)34-16-13-24-10-11-27(20-26(24)22-34)38-28-12-15-33-30-29(28)25(14-18-40(4,5)6)21-35(30)23-37-17-19-41(7,8)9/h10-12,15,20-21H,13,16-17,19,22-23H2,1-9H3. The van der Waals surface area contributed by atoms with Crippen molar-refractivity contribution >= 4 is 33.3 Å². The van der Waals surface area contributed by atoms with Gasteiger partial charge in [0.05, 0.1) is 10.9 Å². The van der Waals surface area contributed by atoms with Crippen LogP contribution in [-0.2, 0) is 29.2 Å². The Bertz CT molecular complexity index is 1470. The normalized spacial score (nSPS) is 13.9. The Morgan fingerprint density at radius 3 is 2.51 bits per heavy atom. The zero-order valence-corrected chi connectivity index (χ0v) is 28.2. The number of amides is 1. The number of ether oxygens (including phenoxy) is 3. The predicted molar refractivity (Wildman–Crippen MR) is 171 cm³/mol. The number of aromatic nitrogens is 2. The number of pyridine rings is 1. The molecule has 41 heavy (non-hydrogen) atoms. The molecule has 4 rings (SSSR count). The third-order valence-electron chi connectivity index (χ3n) is 6.59. The Morgan fingerprint density at radius 2 is 1.83 bits per heavy atom. The molecule has 3 heterocycles. The first kappa shape index (κ1) is 30.9. The summed E-state index contributed by atoms with van der Waals surface area (Å²) in [7, 11) is -2.79. The summed E-state index contributed by atoms with van der Waals surface area (Å²) in [6, 6.07) is 9.13. The van der Waals surface area contributed by atoms with Crippen LogP contribution < -0.4 is 4.74 Å². The van der Waals surface area contributed by atoms with Crippen LogP contribution in [0.2, 0.25) is 45.3 Å². The summed E-state index contributed by atoms with van der Waals surface area (Å²) < 4.78 is 20.2. The van der Waals surface area contributed by atoms with E-state index in [2.05, 4.69) is 56.8 Å². The number of rotatable bonds is 7. The van der Waals surface area contributed by atoms with Gasteiger partial charge in [0.1, 0.15) is 37.6 Å². The SMILES string of the molecule is CC(C)(C)OC(=O)N1CCc2ccc(Oc3ccnc4c3c(C#C[Si](C)(C)C)cn4COCC[Si](C)(C)C)cc2C1. The molecule has 220 valence electrons. The first-order chi connectivity index (χ1) is 19.1. The molecule has 1 aliphatic rings. The molecule has 1 aliphatic heterocycles. The molecular formula is C32H45N3O4Si2. The Balaban J connectivity index is 1.62. The maximum Gasteiger partial charge on any atom is 0.410 e. The highest BCUT2D eigenvalue weighted by atomic mass is 28.3. The topological polar surface area (TPSA) is 65.8 Å². The molecule has 0 spiro atoms. The van der Waals surface area contributed by atoms with Gasteiger partial charge >= 0.3 is 6.09 Å². The third kappa shape index (κ3) is 8.71. The van der Waals surface area contributed by atoms with Crippen molar-refractivity contribution in [3.8, 4) is 23.0 Å². The average molecular weight is 592 g/mol. The molecule has 9 heteroatoms. The van der Waals surface area contributed by atoms with E-state index in [0.29, 0.717) is 31.3 Å². The molecule has 3 aromatic rings. The molecule has 1 amide bonds. The van der Waals surface area contributed by atoms with Gasteiger partial charge in [-0.3, -0.25) is 0 Å². The molecule has 0 aliphatic carbocycles. The van der Waals surface area contributed by atoms with Crippen LogP contribution in [0, 0.1) is 11.5 Å². The van der Waals surface area contributed by atoms with Gasteiger partial charge in [0.2, 0.25) is 0 Å². The van der Waals surface area contributed by atoms with Crippen LogP contribution in [0.1, 0.15) is 37.5 Å². The quantitative estimate of drug-likeness (QED) is 0.160. The first-order valence-corrected chi connectivity index (χ1v) is 21.7. The van der Waals surface area contributed by atoms with Gasteiger partial charge in [-0.05, 0) is 62.6 Å². The summed E-state index contributed by atoms with van der Waals surface area (Å²) in [4.78, 5) is 19.2. The maximum absolute atomic E-state index is 12.7. The lowest BCUT2D eigenvalue weighted by Gasteiger charge is -2.31. The van der Waals surface area contributed by atoms with Crippen molar-refractivity contribution in [3.63, 3.8) is 0 Å². The van der Waals surface area contributed by atoms with Crippen molar-refractivity contribution in [1.29, 1.82) is 0 Å². The average Bonchev–Trinajstić information content (AvgIpc) is 3.21. The molecule has 0 N–H and O–H groups in total. The van der Waals surface area contributed by atoms with Crippen molar-refractivity contribution in [2.75, 3.05) is 13.2 Å². The summed E-state index contributed by atoms with van der Waals surface area (Å²) >= 11 is 0. The van der Waals surface area contributed by atoms with Crippen LogP contribution in [0.5, 0.6) is 11.5 Å². The Labute approximate surface area is 247 Å². The smallest absolute Gasteiger partial charge is 0.410 e. The van der Waals surface area contributed by atoms with E-state index in [1.165, 1.54) is 5.56 Å². The van der Waals surface area contributed by atoms with Gasteiger partial charge in [0.15, 0.2) is 0 Å². The number of hydrogen-bond acceptors (Lipinski definition) is 5. The fourth-order valence-electron chi connectivity index (χ4n) is 4.47. The second-order valence-corrected chi connectivity index (χ2v) is 24.4. The third-order valence-corrected chi connectivity index (χ3v) is 9.17. The second kappa shape index (κ2) is 12.0. The highest BCUT2D eigenvalue weighted by Gasteiger charge is 2.26. The minimum absolute atomic E-state index is 0.288. The van der Waals surface area contributed by atoms with E-state index in [-0.39, 0.29) is 6.09 Å². The van der Waals surface area contributed by atoms with Crippen LogP contribution in [0.3, 0.4) is 0 Å². The van der Waals surface area contributed by atoms with Crippen molar-refractivity contribution in [1.82, 2.24) is 14.5 Å². The molecule has 7 nitrogen and oxygen atoms in total. The van der Waals surface area contributed by atoms with E-state index in [1.54, 1.807) is 11.1 Å². The van der Waals surface area contributed by atoms with E-state index in [0.717, 1.165) is 41.2 Å². The highest BCUT2D eigenvalue weighted by Crippen LogP contribution is 2.34. The summed E-state index contributed by atoms with van der Waals surface area (Å²) in [5.41, 5.74) is 6.96. The number of benzene rings is 1. The number of fused-ring (bicyclic) bond motifs is 2. The second-order valence-electron chi connectivity index (χ2n) is 14.1. The Hall–Kier alpha value is -3.07. The molecule has 0 bridgehead atoms. The Morgan fingerprint density at radius 1 is 1.07 bits per heavy atom. The molecule has 0 unspecified atom stereocenters. The van der Waals surface area contributed by atoms with Crippen molar-refractivity contribution < 1.29 is 19.0 Å². The van der Waals surface area contributed by atoms with E-state index >= 15 is 0 Å². The van der Waals surface area contributed by atoms with Gasteiger partial charge in [-0.25, -0.2) is 9.78 Å². The first-order valence-electron chi connectivity index (χ1n) is 14.4. The zero-order valence-electron chi connectivity index (χ0n) is 26.2. The largest absolute Gasteiger partial charge is 0.456 e. The minimum atomic E-state index is -1.61. The molecule has 0 saturated carbocycles. The predicted octanol–water partition coefficient (Wildman–Crippen LogP) is 7.66. The number of carbonyl (C=O) groups excluding carboxylic acids is 1. The van der Waals surface area contributed by atoms with E-state index in [1.807, 2.05) is 49.7 Å². The number of nitrogens with zero attached hydrogens (tertiary/aromatic N) is 3. The van der Waals surface area contributed by atoms with Crippen LogP contribution in [-0.4, -0.2) is 55.4 Å². The van der Waals surface area contributed by atoms with Gasteiger partial charge in [-0.1, -0.05) is 51.3 Å². The molecule has 0 radical (unpaired) electrons. The van der Waals surface area contributed by atoms with Crippen molar-refractivity contribution in [2.45, 2.75) is 91.4 Å². The molecule has 0 saturated heterocycles. The van der Waals surface area contributed by atoms with Crippen LogP contribution in [0.4, 0.5) is 4.79 Å². The molecular weight excluding hydrogens is 547 g/mol. The van der Waals surface area contributed by atoms with Gasteiger partial charge in [-0.15, -0.1) is 5.54 Å². The Kier molecular flexibility index (Phi) is 9.07. The lowest BCUT2D eigenvalue weighted by Crippen LogP contribution is -2.39. The molecule has 0 atom stereocenters. The summed E-state index contributed by atoms with van der Waals surface area (Å²) in [5, 5.41) is 0.889. The number of hydrogen-bond donors (Lipinski definition) is 0. The molecule has 1 aromatic carbocycles. The van der Waals surface area contributed by atoms with E-state index in [9.17, 15) is 4.79 Å². The fraction of sp³-hybridized carbons (Fsp3) is 0.500. The van der Waals surface area contributed by atoms with Crippen LogP contribution in [0.25, 0.3) is 11.0 Å². The number of carbonyl (C=O) groups is 1. The van der Waals surface area contributed by atoms with Crippen LogP contribution >= 0.6 is 0 Å². The van der Waals surface area contributed by atoms with Gasteiger partial charge < -0.3 is 23.7 Å². The van der Waals surface area contributed by atoms with Crippen LogP contribution in [0.15, 0.2) is 36.7 Å². The lowest BCUT2D eigenvalue weighted by molar-refractivity contribution is 0.0223. The summed E-state index contributed by atoms with van der Waals surface area (Å²) in [5.74, 6) is 4.86. The lowest BCUT2D eigenvalue weighted by atomic mass is 10.00. The van der Waals surface area contributed by atoms with Crippen molar-refractivity contribution in [3.05, 3.63) is 53.3 Å². The van der Waals surface area contributed by atoms with Gasteiger partial charge in [0, 0.05) is 40.2 Å². The summed E-state index contributed by atoms with van der Waals surface area (Å²) in [6.45, 7) is 21.7. The van der Waals surface area contributed by atoms with Gasteiger partial charge in [0.25, 0.3) is 0 Å². The highest BCUT2D eigenvalue weighted by molar-refractivity contribution is 6.83. The van der Waals surface area contributed by atoms with Gasteiger partial charge in [-0.2, -0.15) is 0 Å². The molecule has 2 aromatic heterocycles. The molecule has 0 fully saturated rings.